The molecule has 2 amide bonds. The van der Waals surface area contributed by atoms with Gasteiger partial charge in [0.15, 0.2) is 5.13 Å². The zero-order valence-corrected chi connectivity index (χ0v) is 12.3. The number of nitrogens with zero attached hydrogens (tertiary/aromatic N) is 2. The van der Waals surface area contributed by atoms with Crippen molar-refractivity contribution < 1.29 is 14.7 Å². The Kier molecular flexibility index (Phi) is 3.50. The van der Waals surface area contributed by atoms with Crippen LogP contribution in [-0.2, 0) is 4.79 Å². The minimum atomic E-state index is -0.849. The van der Waals surface area contributed by atoms with E-state index in [1.807, 2.05) is 31.2 Å². The van der Waals surface area contributed by atoms with Crippen molar-refractivity contribution in [1.82, 2.24) is 9.88 Å². The summed E-state index contributed by atoms with van der Waals surface area (Å²) in [5.74, 6) is -1.38. The molecule has 1 aliphatic rings. The number of carbonyl (C=O) groups is 2. The number of hydrogen-bond donors (Lipinski definition) is 2. The molecule has 2 atom stereocenters. The Bertz CT molecular complexity index is 667. The second-order valence-electron chi connectivity index (χ2n) is 5.24. The van der Waals surface area contributed by atoms with Gasteiger partial charge in [-0.05, 0) is 18.1 Å². The summed E-state index contributed by atoms with van der Waals surface area (Å²) in [5, 5.41) is 12.4. The smallest absolute Gasteiger partial charge is 0.323 e. The highest BCUT2D eigenvalue weighted by Crippen LogP contribution is 2.27. The lowest BCUT2D eigenvalue weighted by molar-refractivity contribution is -0.142. The number of aliphatic carboxylic acids is 1. The number of urea groups is 1. The first-order chi connectivity index (χ1) is 10.0. The van der Waals surface area contributed by atoms with Crippen LogP contribution in [0, 0.1) is 11.8 Å². The van der Waals surface area contributed by atoms with Crippen LogP contribution < -0.4 is 5.32 Å². The van der Waals surface area contributed by atoms with Crippen molar-refractivity contribution in [2.24, 2.45) is 11.8 Å². The van der Waals surface area contributed by atoms with Crippen molar-refractivity contribution >= 4 is 38.7 Å². The minimum absolute atomic E-state index is 0.0383. The maximum absolute atomic E-state index is 12.2. The van der Waals surface area contributed by atoms with Crippen LogP contribution in [0.25, 0.3) is 10.2 Å². The van der Waals surface area contributed by atoms with Gasteiger partial charge in [0.1, 0.15) is 0 Å². The molecule has 1 aromatic heterocycles. The number of fused-ring (bicyclic) bond motifs is 1. The van der Waals surface area contributed by atoms with E-state index in [2.05, 4.69) is 10.3 Å². The largest absolute Gasteiger partial charge is 0.481 e. The van der Waals surface area contributed by atoms with E-state index in [4.69, 9.17) is 5.11 Å². The van der Waals surface area contributed by atoms with Crippen LogP contribution in [0.15, 0.2) is 24.3 Å². The summed E-state index contributed by atoms with van der Waals surface area (Å²) in [7, 11) is 0. The molecule has 0 saturated carbocycles. The van der Waals surface area contributed by atoms with Crippen molar-refractivity contribution in [3.63, 3.8) is 0 Å². The van der Waals surface area contributed by atoms with Crippen molar-refractivity contribution in [3.05, 3.63) is 24.3 Å². The van der Waals surface area contributed by atoms with Gasteiger partial charge in [-0.3, -0.25) is 10.1 Å². The van der Waals surface area contributed by atoms with Crippen LogP contribution in [0.3, 0.4) is 0 Å². The number of rotatable bonds is 2. The van der Waals surface area contributed by atoms with E-state index in [0.717, 1.165) is 10.2 Å². The fourth-order valence-corrected chi connectivity index (χ4v) is 3.41. The molecular formula is C14H15N3O3S. The molecule has 3 rings (SSSR count). The first kappa shape index (κ1) is 13.8. The molecule has 2 N–H and O–H groups in total. The SMILES string of the molecule is C[C@@H]1CN(C(=O)Nc2nc3ccccc3s2)C[C@H]1C(=O)O. The predicted octanol–water partition coefficient (Wildman–Crippen LogP) is 2.48. The molecule has 0 bridgehead atoms. The summed E-state index contributed by atoms with van der Waals surface area (Å²) in [6, 6.07) is 7.37. The summed E-state index contributed by atoms with van der Waals surface area (Å²) < 4.78 is 1.01. The van der Waals surface area contributed by atoms with Gasteiger partial charge in [-0.25, -0.2) is 9.78 Å². The zero-order chi connectivity index (χ0) is 15.0. The van der Waals surface area contributed by atoms with Crippen LogP contribution in [0.2, 0.25) is 0 Å². The fraction of sp³-hybridized carbons (Fsp3) is 0.357. The molecule has 1 aromatic carbocycles. The molecule has 21 heavy (non-hydrogen) atoms. The number of aromatic nitrogens is 1. The quantitative estimate of drug-likeness (QED) is 0.893. The number of nitrogens with one attached hydrogen (secondary N) is 1. The number of carboxylic acid groups (broad SMARTS) is 1. The maximum atomic E-state index is 12.2. The molecule has 6 nitrogen and oxygen atoms in total. The molecule has 0 spiro atoms. The van der Waals surface area contributed by atoms with E-state index in [1.165, 1.54) is 16.2 Å². The number of carbonyl (C=O) groups excluding carboxylic acids is 1. The van der Waals surface area contributed by atoms with Gasteiger partial charge in [0.2, 0.25) is 0 Å². The average molecular weight is 305 g/mol. The zero-order valence-electron chi connectivity index (χ0n) is 11.4. The van der Waals surface area contributed by atoms with Gasteiger partial charge in [0, 0.05) is 13.1 Å². The summed E-state index contributed by atoms with van der Waals surface area (Å²) in [4.78, 5) is 29.2. The molecule has 0 aliphatic carbocycles. The van der Waals surface area contributed by atoms with Crippen LogP contribution in [-0.4, -0.2) is 40.1 Å². The number of anilines is 1. The highest BCUT2D eigenvalue weighted by atomic mass is 32.1. The third-order valence-corrected chi connectivity index (χ3v) is 4.68. The standard InChI is InChI=1S/C14H15N3O3S/c1-8-6-17(7-9(8)12(18)19)14(20)16-13-15-10-4-2-3-5-11(10)21-13/h2-5,8-9H,6-7H2,1H3,(H,18,19)(H,15,16,20)/t8-,9-/m1/s1. The van der Waals surface area contributed by atoms with E-state index < -0.39 is 11.9 Å². The van der Waals surface area contributed by atoms with E-state index >= 15 is 0 Å². The number of para-hydroxylation sites is 1. The second-order valence-corrected chi connectivity index (χ2v) is 6.27. The van der Waals surface area contributed by atoms with Gasteiger partial charge >= 0.3 is 12.0 Å². The van der Waals surface area contributed by atoms with Crippen molar-refractivity contribution in [2.45, 2.75) is 6.92 Å². The first-order valence-corrected chi connectivity index (χ1v) is 7.50. The number of benzene rings is 1. The number of hydrogen-bond acceptors (Lipinski definition) is 4. The van der Waals surface area contributed by atoms with Gasteiger partial charge in [-0.1, -0.05) is 30.4 Å². The third-order valence-electron chi connectivity index (χ3n) is 3.72. The summed E-state index contributed by atoms with van der Waals surface area (Å²) in [6.07, 6.45) is 0. The van der Waals surface area contributed by atoms with Gasteiger partial charge < -0.3 is 10.0 Å². The molecule has 1 saturated heterocycles. The Hall–Kier alpha value is -2.15. The summed E-state index contributed by atoms with van der Waals surface area (Å²) in [5.41, 5.74) is 0.844. The van der Waals surface area contributed by atoms with Crippen LogP contribution in [0.4, 0.5) is 9.93 Å². The number of carboxylic acids is 1. The van der Waals surface area contributed by atoms with Crippen molar-refractivity contribution in [3.8, 4) is 0 Å². The number of likely N-dealkylation sites (tertiary alicyclic amines) is 1. The van der Waals surface area contributed by atoms with Gasteiger partial charge in [-0.15, -0.1) is 0 Å². The third kappa shape index (κ3) is 2.69. The Labute approximate surface area is 125 Å². The van der Waals surface area contributed by atoms with Crippen molar-refractivity contribution in [1.29, 1.82) is 0 Å². The molecule has 0 unspecified atom stereocenters. The van der Waals surface area contributed by atoms with Gasteiger partial charge in [-0.2, -0.15) is 0 Å². The Morgan fingerprint density at radius 3 is 2.81 bits per heavy atom. The molecule has 7 heteroatoms. The van der Waals surface area contributed by atoms with Crippen LogP contribution in [0.1, 0.15) is 6.92 Å². The molecular weight excluding hydrogens is 290 g/mol. The minimum Gasteiger partial charge on any atom is -0.481 e. The molecule has 0 radical (unpaired) electrons. The van der Waals surface area contributed by atoms with Gasteiger partial charge in [0.05, 0.1) is 16.1 Å². The van der Waals surface area contributed by atoms with Crippen molar-refractivity contribution in [2.75, 3.05) is 18.4 Å². The first-order valence-electron chi connectivity index (χ1n) is 6.69. The van der Waals surface area contributed by atoms with E-state index in [0.29, 0.717) is 11.7 Å². The topological polar surface area (TPSA) is 82.5 Å². The molecule has 110 valence electrons. The van der Waals surface area contributed by atoms with Crippen LogP contribution in [0.5, 0.6) is 0 Å². The summed E-state index contributed by atoms with van der Waals surface area (Å²) >= 11 is 1.41. The normalized spacial score (nSPS) is 21.7. The monoisotopic (exact) mass is 305 g/mol. The maximum Gasteiger partial charge on any atom is 0.323 e. The molecule has 2 heterocycles. The number of thiazole rings is 1. The van der Waals surface area contributed by atoms with Crippen LogP contribution >= 0.6 is 11.3 Å². The number of amides is 2. The molecule has 1 fully saturated rings. The van der Waals surface area contributed by atoms with Gasteiger partial charge in [0.25, 0.3) is 0 Å². The van der Waals surface area contributed by atoms with E-state index in [9.17, 15) is 9.59 Å². The lowest BCUT2D eigenvalue weighted by Gasteiger charge is -2.15. The predicted molar refractivity (Wildman–Crippen MR) is 80.5 cm³/mol. The van der Waals surface area contributed by atoms with E-state index in [-0.39, 0.29) is 18.5 Å². The highest BCUT2D eigenvalue weighted by molar-refractivity contribution is 7.22. The molecule has 2 aromatic rings. The Morgan fingerprint density at radius 1 is 1.38 bits per heavy atom. The Balaban J connectivity index is 1.70. The van der Waals surface area contributed by atoms with E-state index in [1.54, 1.807) is 0 Å². The lowest BCUT2D eigenvalue weighted by atomic mass is 9.99. The lowest BCUT2D eigenvalue weighted by Crippen LogP contribution is -2.33. The summed E-state index contributed by atoms with van der Waals surface area (Å²) in [6.45, 7) is 2.55. The fourth-order valence-electron chi connectivity index (χ4n) is 2.55. The highest BCUT2D eigenvalue weighted by Gasteiger charge is 2.37. The second kappa shape index (κ2) is 5.33. The Morgan fingerprint density at radius 2 is 2.14 bits per heavy atom. The average Bonchev–Trinajstić information content (AvgIpc) is 3.01. The molecule has 1 aliphatic heterocycles.